The fraction of sp³-hybridized carbons (Fsp3) is 0.136. The standard InChI is InChI=1S/C22H18BrN3O3S2/c1-3-29-15-6-4-14(5-7-15)13-24-26(21(27)18-10-11-20(23)30-18)22-25-17-9-8-16(28-2)12-19(17)31-22/h4-13H,3H2,1-2H3/b24-13+. The van der Waals surface area contributed by atoms with Crippen LogP contribution < -0.4 is 14.5 Å². The Morgan fingerprint density at radius 2 is 1.90 bits per heavy atom. The van der Waals surface area contributed by atoms with Gasteiger partial charge in [-0.3, -0.25) is 4.79 Å². The van der Waals surface area contributed by atoms with Gasteiger partial charge in [-0.2, -0.15) is 10.1 Å². The van der Waals surface area contributed by atoms with Crippen molar-refractivity contribution < 1.29 is 14.3 Å². The van der Waals surface area contributed by atoms with E-state index in [9.17, 15) is 4.79 Å². The van der Waals surface area contributed by atoms with E-state index in [0.29, 0.717) is 16.6 Å². The van der Waals surface area contributed by atoms with E-state index in [-0.39, 0.29) is 5.91 Å². The van der Waals surface area contributed by atoms with Gasteiger partial charge in [-0.15, -0.1) is 11.3 Å². The number of amides is 1. The van der Waals surface area contributed by atoms with Gasteiger partial charge < -0.3 is 9.47 Å². The monoisotopic (exact) mass is 515 g/mol. The molecule has 0 spiro atoms. The van der Waals surface area contributed by atoms with Crippen molar-refractivity contribution >= 4 is 66.1 Å². The highest BCUT2D eigenvalue weighted by atomic mass is 79.9. The molecule has 0 fully saturated rings. The summed E-state index contributed by atoms with van der Waals surface area (Å²) in [6.45, 7) is 2.55. The molecule has 0 N–H and O–H groups in total. The lowest BCUT2D eigenvalue weighted by atomic mass is 10.2. The number of fused-ring (bicyclic) bond motifs is 1. The summed E-state index contributed by atoms with van der Waals surface area (Å²) in [4.78, 5) is 18.4. The van der Waals surface area contributed by atoms with Crippen LogP contribution in [0.5, 0.6) is 11.5 Å². The summed E-state index contributed by atoms with van der Waals surface area (Å²) in [5, 5.41) is 6.31. The number of nitrogens with zero attached hydrogens (tertiary/aromatic N) is 3. The van der Waals surface area contributed by atoms with Crippen molar-refractivity contribution in [2.45, 2.75) is 6.92 Å². The van der Waals surface area contributed by atoms with Crippen LogP contribution in [0.25, 0.3) is 10.2 Å². The fourth-order valence-corrected chi connectivity index (χ4v) is 5.04. The van der Waals surface area contributed by atoms with E-state index in [2.05, 4.69) is 26.0 Å². The second-order valence-corrected chi connectivity index (χ2v) is 9.77. The number of rotatable bonds is 7. The molecular formula is C22H18BrN3O3S2. The lowest BCUT2D eigenvalue weighted by Crippen LogP contribution is -2.24. The number of halogens is 1. The fourth-order valence-electron chi connectivity index (χ4n) is 2.77. The second kappa shape index (κ2) is 9.59. The Balaban J connectivity index is 1.69. The number of carbonyl (C=O) groups excluding carboxylic acids is 1. The van der Waals surface area contributed by atoms with Gasteiger partial charge in [-0.25, -0.2) is 4.98 Å². The van der Waals surface area contributed by atoms with Gasteiger partial charge in [0.15, 0.2) is 0 Å². The van der Waals surface area contributed by atoms with Crippen LogP contribution in [0.2, 0.25) is 0 Å². The van der Waals surface area contributed by atoms with E-state index < -0.39 is 0 Å². The largest absolute Gasteiger partial charge is 0.497 e. The average Bonchev–Trinajstić information content (AvgIpc) is 3.40. The van der Waals surface area contributed by atoms with E-state index in [1.165, 1.54) is 27.7 Å². The number of anilines is 1. The first-order chi connectivity index (χ1) is 15.1. The third-order valence-electron chi connectivity index (χ3n) is 4.26. The molecule has 0 aliphatic rings. The van der Waals surface area contributed by atoms with Crippen LogP contribution in [0.1, 0.15) is 22.2 Å². The van der Waals surface area contributed by atoms with Crippen LogP contribution in [0, 0.1) is 0 Å². The molecule has 158 valence electrons. The van der Waals surface area contributed by atoms with E-state index in [1.807, 2.05) is 55.5 Å². The molecule has 2 heterocycles. The van der Waals surface area contributed by atoms with E-state index in [4.69, 9.17) is 9.47 Å². The number of carbonyl (C=O) groups is 1. The molecule has 0 aliphatic carbocycles. The smallest absolute Gasteiger partial charge is 0.290 e. The first-order valence-electron chi connectivity index (χ1n) is 9.38. The highest BCUT2D eigenvalue weighted by molar-refractivity contribution is 9.11. The molecule has 0 radical (unpaired) electrons. The van der Waals surface area contributed by atoms with Gasteiger partial charge in [0, 0.05) is 0 Å². The number of ether oxygens (including phenoxy) is 2. The minimum absolute atomic E-state index is 0.246. The van der Waals surface area contributed by atoms with Crippen LogP contribution >= 0.6 is 38.6 Å². The summed E-state index contributed by atoms with van der Waals surface area (Å²) in [7, 11) is 1.62. The topological polar surface area (TPSA) is 64.0 Å². The zero-order chi connectivity index (χ0) is 21.8. The van der Waals surface area contributed by atoms with E-state index >= 15 is 0 Å². The Labute approximate surface area is 195 Å². The molecular weight excluding hydrogens is 498 g/mol. The highest BCUT2D eigenvalue weighted by Gasteiger charge is 2.22. The Hall–Kier alpha value is -2.75. The molecule has 4 rings (SSSR count). The number of thiazole rings is 1. The maximum Gasteiger partial charge on any atom is 0.290 e. The van der Waals surface area contributed by atoms with Crippen molar-refractivity contribution in [1.29, 1.82) is 0 Å². The lowest BCUT2D eigenvalue weighted by Gasteiger charge is -2.12. The lowest BCUT2D eigenvalue weighted by molar-refractivity contribution is 0.0991. The Kier molecular flexibility index (Phi) is 6.64. The quantitative estimate of drug-likeness (QED) is 0.217. The van der Waals surface area contributed by atoms with Gasteiger partial charge in [0.2, 0.25) is 5.13 Å². The number of methoxy groups -OCH3 is 1. The number of hydrogen-bond acceptors (Lipinski definition) is 7. The first kappa shape index (κ1) is 21.5. The van der Waals surface area contributed by atoms with Crippen molar-refractivity contribution in [2.24, 2.45) is 5.10 Å². The highest BCUT2D eigenvalue weighted by Crippen LogP contribution is 2.33. The average molecular weight is 516 g/mol. The van der Waals surface area contributed by atoms with Gasteiger partial charge >= 0.3 is 0 Å². The molecule has 0 aliphatic heterocycles. The van der Waals surface area contributed by atoms with Crippen molar-refractivity contribution in [2.75, 3.05) is 18.7 Å². The molecule has 1 amide bonds. The molecule has 4 aromatic rings. The molecule has 31 heavy (non-hydrogen) atoms. The number of hydrazone groups is 1. The number of aromatic nitrogens is 1. The summed E-state index contributed by atoms with van der Waals surface area (Å²) in [6.07, 6.45) is 1.64. The van der Waals surface area contributed by atoms with Gasteiger partial charge in [-0.05, 0) is 83.0 Å². The number of thiophene rings is 1. The predicted molar refractivity (Wildman–Crippen MR) is 130 cm³/mol. The van der Waals surface area contributed by atoms with E-state index in [1.54, 1.807) is 19.4 Å². The molecule has 9 heteroatoms. The molecule has 2 aromatic carbocycles. The van der Waals surface area contributed by atoms with Crippen molar-refractivity contribution in [1.82, 2.24) is 4.98 Å². The van der Waals surface area contributed by atoms with Crippen LogP contribution in [0.15, 0.2) is 63.5 Å². The molecule has 2 aromatic heterocycles. The maximum absolute atomic E-state index is 13.2. The molecule has 0 bridgehead atoms. The maximum atomic E-state index is 13.2. The zero-order valence-electron chi connectivity index (χ0n) is 16.7. The number of benzene rings is 2. The third kappa shape index (κ3) is 4.95. The van der Waals surface area contributed by atoms with Crippen LogP contribution in [0.3, 0.4) is 0 Å². The summed E-state index contributed by atoms with van der Waals surface area (Å²) in [5.41, 5.74) is 1.62. The molecule has 0 unspecified atom stereocenters. The summed E-state index contributed by atoms with van der Waals surface area (Å²) >= 11 is 6.15. The van der Waals surface area contributed by atoms with Gasteiger partial charge in [0.05, 0.1) is 38.8 Å². The predicted octanol–water partition coefficient (Wildman–Crippen LogP) is 6.21. The second-order valence-electron chi connectivity index (χ2n) is 6.30. The summed E-state index contributed by atoms with van der Waals surface area (Å²) in [5.74, 6) is 1.28. The summed E-state index contributed by atoms with van der Waals surface area (Å²) < 4.78 is 12.6. The Morgan fingerprint density at radius 3 is 2.58 bits per heavy atom. The van der Waals surface area contributed by atoms with Crippen molar-refractivity contribution in [3.8, 4) is 11.5 Å². The molecule has 0 saturated heterocycles. The van der Waals surface area contributed by atoms with Gasteiger partial charge in [0.25, 0.3) is 5.91 Å². The molecule has 6 nitrogen and oxygen atoms in total. The van der Waals surface area contributed by atoms with Crippen LogP contribution in [0.4, 0.5) is 5.13 Å². The van der Waals surface area contributed by atoms with Gasteiger partial charge in [-0.1, -0.05) is 11.3 Å². The minimum atomic E-state index is -0.246. The summed E-state index contributed by atoms with van der Waals surface area (Å²) in [6, 6.07) is 16.8. The van der Waals surface area contributed by atoms with Crippen LogP contribution in [-0.2, 0) is 0 Å². The Morgan fingerprint density at radius 1 is 1.13 bits per heavy atom. The van der Waals surface area contributed by atoms with E-state index in [0.717, 1.165) is 31.1 Å². The molecule has 0 saturated carbocycles. The van der Waals surface area contributed by atoms with Gasteiger partial charge in [0.1, 0.15) is 11.5 Å². The van der Waals surface area contributed by atoms with Crippen molar-refractivity contribution in [3.05, 3.63) is 68.8 Å². The number of hydrogen-bond donors (Lipinski definition) is 0. The van der Waals surface area contributed by atoms with Crippen molar-refractivity contribution in [3.63, 3.8) is 0 Å². The van der Waals surface area contributed by atoms with Crippen LogP contribution in [-0.4, -0.2) is 30.8 Å². The normalized spacial score (nSPS) is 11.2. The SMILES string of the molecule is CCOc1ccc(/C=N/N(C(=O)c2ccc(Br)s2)c2nc3ccc(OC)cc3s2)cc1. The zero-order valence-corrected chi connectivity index (χ0v) is 20.0. The molecule has 0 atom stereocenters. The third-order valence-corrected chi connectivity index (χ3v) is 6.86. The first-order valence-corrected chi connectivity index (χ1v) is 11.8. The Bertz CT molecular complexity index is 1230. The minimum Gasteiger partial charge on any atom is -0.497 e.